The Hall–Kier alpha value is -1.58. The molecule has 0 aliphatic heterocycles. The highest BCUT2D eigenvalue weighted by Crippen LogP contribution is 2.16. The third kappa shape index (κ3) is 1.95. The molecule has 2 N–H and O–H groups in total. The number of pyridine rings is 1. The molecule has 0 spiro atoms. The van der Waals surface area contributed by atoms with Gasteiger partial charge in [-0.15, -0.1) is 0 Å². The molecule has 1 rings (SSSR count). The molecule has 0 amide bonds. The maximum atomic E-state index is 10.3. The van der Waals surface area contributed by atoms with Crippen molar-refractivity contribution < 1.29 is 15.0 Å². The topological polar surface area (TPSA) is 70.4 Å². The van der Waals surface area contributed by atoms with Gasteiger partial charge >= 0.3 is 5.97 Å². The first-order valence-corrected chi connectivity index (χ1v) is 3.46. The molecule has 0 bridgehead atoms. The minimum atomic E-state index is -0.962. The van der Waals surface area contributed by atoms with E-state index in [9.17, 15) is 4.79 Å². The first-order chi connectivity index (χ1) is 5.59. The molecule has 0 unspecified atom stereocenters. The van der Waals surface area contributed by atoms with Crippen molar-refractivity contribution in [3.05, 3.63) is 23.5 Å². The summed E-state index contributed by atoms with van der Waals surface area (Å²) >= 11 is 0. The van der Waals surface area contributed by atoms with E-state index in [1.54, 1.807) is 13.0 Å². The highest BCUT2D eigenvalue weighted by molar-refractivity contribution is 5.71. The first kappa shape index (κ1) is 8.52. The van der Waals surface area contributed by atoms with E-state index >= 15 is 0 Å². The third-order valence-corrected chi connectivity index (χ3v) is 1.44. The van der Waals surface area contributed by atoms with Gasteiger partial charge in [-0.2, -0.15) is 0 Å². The predicted molar refractivity (Wildman–Crippen MR) is 42.0 cm³/mol. The van der Waals surface area contributed by atoms with E-state index in [1.165, 1.54) is 6.20 Å². The molecule has 0 fully saturated rings. The van der Waals surface area contributed by atoms with Crippen LogP contribution in [0.3, 0.4) is 0 Å². The van der Waals surface area contributed by atoms with Gasteiger partial charge in [0.05, 0.1) is 12.6 Å². The van der Waals surface area contributed by atoms with E-state index in [-0.39, 0.29) is 12.2 Å². The van der Waals surface area contributed by atoms with E-state index in [2.05, 4.69) is 4.98 Å². The molecule has 0 saturated carbocycles. The van der Waals surface area contributed by atoms with Gasteiger partial charge in [-0.25, -0.2) is 0 Å². The lowest BCUT2D eigenvalue weighted by molar-refractivity contribution is -0.136. The van der Waals surface area contributed by atoms with E-state index in [4.69, 9.17) is 10.2 Å². The molecule has 0 aromatic carbocycles. The SMILES string of the molecule is Cc1cc(CC(=O)O)c(O)cn1. The zero-order valence-corrected chi connectivity index (χ0v) is 6.61. The Bertz CT molecular complexity index is 309. The van der Waals surface area contributed by atoms with E-state index in [0.29, 0.717) is 11.3 Å². The van der Waals surface area contributed by atoms with Crippen LogP contribution in [0.2, 0.25) is 0 Å². The summed E-state index contributed by atoms with van der Waals surface area (Å²) in [4.78, 5) is 14.1. The lowest BCUT2D eigenvalue weighted by atomic mass is 10.1. The molecule has 0 aliphatic carbocycles. The summed E-state index contributed by atoms with van der Waals surface area (Å²) in [6, 6.07) is 1.56. The molecular weight excluding hydrogens is 158 g/mol. The number of hydrogen-bond acceptors (Lipinski definition) is 3. The number of aryl methyl sites for hydroxylation is 1. The molecule has 0 saturated heterocycles. The summed E-state index contributed by atoms with van der Waals surface area (Å²) in [6.45, 7) is 1.74. The fourth-order valence-corrected chi connectivity index (χ4v) is 0.914. The molecule has 0 radical (unpaired) electrons. The number of hydrogen-bond donors (Lipinski definition) is 2. The number of carbonyl (C=O) groups is 1. The number of carboxylic acids is 1. The Morgan fingerprint density at radius 3 is 2.92 bits per heavy atom. The van der Waals surface area contributed by atoms with Crippen LogP contribution in [-0.2, 0) is 11.2 Å². The van der Waals surface area contributed by atoms with E-state index in [0.717, 1.165) is 0 Å². The Morgan fingerprint density at radius 2 is 2.33 bits per heavy atom. The van der Waals surface area contributed by atoms with Gasteiger partial charge in [0.1, 0.15) is 5.75 Å². The maximum absolute atomic E-state index is 10.3. The Morgan fingerprint density at radius 1 is 1.67 bits per heavy atom. The van der Waals surface area contributed by atoms with Crippen LogP contribution in [0.4, 0.5) is 0 Å². The number of carboxylic acid groups (broad SMARTS) is 1. The molecule has 0 atom stereocenters. The number of aliphatic carboxylic acids is 1. The number of rotatable bonds is 2. The smallest absolute Gasteiger partial charge is 0.307 e. The molecule has 12 heavy (non-hydrogen) atoms. The van der Waals surface area contributed by atoms with Gasteiger partial charge < -0.3 is 10.2 Å². The predicted octanol–water partition coefficient (Wildman–Crippen LogP) is 0.723. The minimum Gasteiger partial charge on any atom is -0.506 e. The minimum absolute atomic E-state index is 0.0667. The Balaban J connectivity index is 2.97. The zero-order chi connectivity index (χ0) is 9.14. The fraction of sp³-hybridized carbons (Fsp3) is 0.250. The number of aromatic hydroxyl groups is 1. The monoisotopic (exact) mass is 167 g/mol. The summed E-state index contributed by atoms with van der Waals surface area (Å²) in [6.07, 6.45) is 1.09. The molecule has 64 valence electrons. The van der Waals surface area contributed by atoms with Gasteiger partial charge in [-0.1, -0.05) is 0 Å². The normalized spacial score (nSPS) is 9.75. The summed E-state index contributed by atoms with van der Waals surface area (Å²) in [5.74, 6) is -1.03. The van der Waals surface area contributed by atoms with Crippen molar-refractivity contribution in [1.82, 2.24) is 4.98 Å². The van der Waals surface area contributed by atoms with Gasteiger partial charge in [0.25, 0.3) is 0 Å². The van der Waals surface area contributed by atoms with Gasteiger partial charge in [0.15, 0.2) is 0 Å². The van der Waals surface area contributed by atoms with Crippen LogP contribution < -0.4 is 0 Å². The standard InChI is InChI=1S/C8H9NO3/c1-5-2-6(3-8(11)12)7(10)4-9-5/h2,4,10H,3H2,1H3,(H,11,12). The van der Waals surface area contributed by atoms with Crippen molar-refractivity contribution in [2.75, 3.05) is 0 Å². The van der Waals surface area contributed by atoms with Crippen LogP contribution in [0, 0.1) is 6.92 Å². The molecule has 1 aromatic rings. The van der Waals surface area contributed by atoms with E-state index in [1.807, 2.05) is 0 Å². The largest absolute Gasteiger partial charge is 0.506 e. The summed E-state index contributed by atoms with van der Waals surface area (Å²) in [7, 11) is 0. The second kappa shape index (κ2) is 3.21. The van der Waals surface area contributed by atoms with Crippen LogP contribution in [0.25, 0.3) is 0 Å². The van der Waals surface area contributed by atoms with Crippen molar-refractivity contribution >= 4 is 5.97 Å². The molecular formula is C8H9NO3. The average Bonchev–Trinajstić information content (AvgIpc) is 1.96. The van der Waals surface area contributed by atoms with Gasteiger partial charge in [0.2, 0.25) is 0 Å². The third-order valence-electron chi connectivity index (χ3n) is 1.44. The van der Waals surface area contributed by atoms with Crippen LogP contribution in [0.1, 0.15) is 11.3 Å². The molecule has 0 aliphatic rings. The van der Waals surface area contributed by atoms with Crippen LogP contribution >= 0.6 is 0 Å². The van der Waals surface area contributed by atoms with Crippen molar-refractivity contribution in [3.8, 4) is 5.75 Å². The number of nitrogens with zero attached hydrogens (tertiary/aromatic N) is 1. The summed E-state index contributed by atoms with van der Waals surface area (Å²) in [5.41, 5.74) is 1.10. The lowest BCUT2D eigenvalue weighted by Crippen LogP contribution is -2.01. The maximum Gasteiger partial charge on any atom is 0.307 e. The van der Waals surface area contributed by atoms with Gasteiger partial charge in [-0.05, 0) is 13.0 Å². The van der Waals surface area contributed by atoms with Crippen molar-refractivity contribution in [3.63, 3.8) is 0 Å². The van der Waals surface area contributed by atoms with E-state index < -0.39 is 5.97 Å². The van der Waals surface area contributed by atoms with Crippen LogP contribution in [-0.4, -0.2) is 21.2 Å². The highest BCUT2D eigenvalue weighted by Gasteiger charge is 2.06. The molecule has 4 heteroatoms. The second-order valence-electron chi connectivity index (χ2n) is 2.52. The lowest BCUT2D eigenvalue weighted by Gasteiger charge is -2.01. The highest BCUT2D eigenvalue weighted by atomic mass is 16.4. The van der Waals surface area contributed by atoms with Gasteiger partial charge in [0, 0.05) is 11.3 Å². The molecule has 1 heterocycles. The van der Waals surface area contributed by atoms with Gasteiger partial charge in [-0.3, -0.25) is 9.78 Å². The summed E-state index contributed by atoms with van der Waals surface area (Å²) < 4.78 is 0. The van der Waals surface area contributed by atoms with Crippen molar-refractivity contribution in [2.45, 2.75) is 13.3 Å². The van der Waals surface area contributed by atoms with Crippen molar-refractivity contribution in [2.24, 2.45) is 0 Å². The zero-order valence-electron chi connectivity index (χ0n) is 6.61. The fourth-order valence-electron chi connectivity index (χ4n) is 0.914. The number of aromatic nitrogens is 1. The first-order valence-electron chi connectivity index (χ1n) is 3.46. The average molecular weight is 167 g/mol. The Kier molecular flexibility index (Phi) is 2.28. The van der Waals surface area contributed by atoms with Crippen LogP contribution in [0.15, 0.2) is 12.3 Å². The summed E-state index contributed by atoms with van der Waals surface area (Å²) in [5, 5.41) is 17.6. The second-order valence-corrected chi connectivity index (χ2v) is 2.52. The Labute approximate surface area is 69.5 Å². The molecule has 4 nitrogen and oxygen atoms in total. The van der Waals surface area contributed by atoms with Crippen LogP contribution in [0.5, 0.6) is 5.75 Å². The molecule has 1 aromatic heterocycles. The quantitative estimate of drug-likeness (QED) is 0.681. The van der Waals surface area contributed by atoms with Crippen molar-refractivity contribution in [1.29, 1.82) is 0 Å².